The maximum atomic E-state index is 13.2. The molecule has 6 nitrogen and oxygen atoms in total. The number of rotatable bonds is 5. The van der Waals surface area contributed by atoms with Gasteiger partial charge >= 0.3 is 0 Å². The van der Waals surface area contributed by atoms with E-state index in [2.05, 4.69) is 0 Å². The second-order valence-electron chi connectivity index (χ2n) is 8.05. The molecule has 8 heteroatoms. The number of benzene rings is 2. The third kappa shape index (κ3) is 4.23. The topological polar surface area (TPSA) is 110 Å². The average molecular weight is 461 g/mol. The quantitative estimate of drug-likeness (QED) is 0.399. The zero-order valence-electron chi connectivity index (χ0n) is 17.4. The van der Waals surface area contributed by atoms with Crippen LogP contribution < -0.4 is 0 Å². The van der Waals surface area contributed by atoms with Gasteiger partial charge < -0.3 is 30.3 Å². The molecule has 2 heterocycles. The fraction of sp³-hybridized carbons (Fsp3) is 0.333. The largest absolute Gasteiger partial charge is 0.394 e. The van der Waals surface area contributed by atoms with Gasteiger partial charge in [0, 0.05) is 21.7 Å². The molecule has 1 aliphatic heterocycles. The van der Waals surface area contributed by atoms with Gasteiger partial charge in [0.15, 0.2) is 0 Å². The van der Waals surface area contributed by atoms with E-state index < -0.39 is 36.8 Å². The van der Waals surface area contributed by atoms with Gasteiger partial charge in [-0.05, 0) is 53.9 Å². The summed E-state index contributed by atoms with van der Waals surface area (Å²) in [5, 5.41) is 51.1. The van der Waals surface area contributed by atoms with Crippen LogP contribution in [0, 0.1) is 12.7 Å². The number of hydrogen-bond donors (Lipinski definition) is 5. The van der Waals surface area contributed by atoms with Crippen LogP contribution in [0.25, 0.3) is 10.4 Å². The molecule has 32 heavy (non-hydrogen) atoms. The molecule has 1 saturated heterocycles. The first-order valence-electron chi connectivity index (χ1n) is 10.2. The lowest BCUT2D eigenvalue weighted by atomic mass is 9.86. The molecular weight excluding hydrogens is 435 g/mol. The number of aliphatic hydroxyl groups excluding tert-OH is 4. The SMILES string of the molecule is Cc1ccc([C@@]2(O)O[C@H](CO)[C@@H](O)[C@H](O)[C@H]2O)cc1Cc1ccc(-c2ccc(F)cc2)s1. The molecule has 0 spiro atoms. The summed E-state index contributed by atoms with van der Waals surface area (Å²) in [7, 11) is 0. The lowest BCUT2D eigenvalue weighted by Crippen LogP contribution is -2.63. The molecule has 1 fully saturated rings. The van der Waals surface area contributed by atoms with E-state index in [0.29, 0.717) is 6.42 Å². The molecule has 2 aromatic carbocycles. The highest BCUT2D eigenvalue weighted by Gasteiger charge is 2.53. The molecule has 0 unspecified atom stereocenters. The third-order valence-electron chi connectivity index (χ3n) is 5.88. The highest BCUT2D eigenvalue weighted by atomic mass is 32.1. The van der Waals surface area contributed by atoms with E-state index in [1.807, 2.05) is 19.1 Å². The molecule has 0 amide bonds. The number of aliphatic hydroxyl groups is 5. The maximum absolute atomic E-state index is 13.2. The summed E-state index contributed by atoms with van der Waals surface area (Å²) >= 11 is 1.57. The predicted octanol–water partition coefficient (Wildman–Crippen LogP) is 2.07. The van der Waals surface area contributed by atoms with Gasteiger partial charge in [-0.2, -0.15) is 0 Å². The third-order valence-corrected chi connectivity index (χ3v) is 7.02. The Hall–Kier alpha value is -2.17. The second kappa shape index (κ2) is 8.99. The van der Waals surface area contributed by atoms with Gasteiger partial charge in [-0.3, -0.25) is 0 Å². The Morgan fingerprint density at radius 3 is 2.41 bits per heavy atom. The predicted molar refractivity (Wildman–Crippen MR) is 118 cm³/mol. The maximum Gasteiger partial charge on any atom is 0.222 e. The smallest absolute Gasteiger partial charge is 0.222 e. The Bertz CT molecular complexity index is 1080. The van der Waals surface area contributed by atoms with Crippen molar-refractivity contribution in [2.24, 2.45) is 0 Å². The van der Waals surface area contributed by atoms with Crippen LogP contribution in [0.1, 0.15) is 21.6 Å². The molecule has 0 saturated carbocycles. The summed E-state index contributed by atoms with van der Waals surface area (Å²) in [6.07, 6.45) is -5.73. The molecule has 1 aliphatic rings. The summed E-state index contributed by atoms with van der Waals surface area (Å²) in [5.41, 5.74) is 2.97. The normalized spacial score (nSPS) is 28.1. The fourth-order valence-electron chi connectivity index (χ4n) is 3.91. The van der Waals surface area contributed by atoms with Gasteiger partial charge in [0.25, 0.3) is 0 Å². The standard InChI is InChI=1S/C24H25FO6S/c1-13-2-5-16(24(30)23(29)22(28)21(27)19(12-26)31-24)10-15(13)11-18-8-9-20(32-18)14-3-6-17(25)7-4-14/h2-10,19,21-23,26-30H,11-12H2,1H3/t19-,21-,22+,23-,24-/m1/s1. The molecule has 0 bridgehead atoms. The van der Waals surface area contributed by atoms with Crippen LogP contribution in [0.4, 0.5) is 4.39 Å². The van der Waals surface area contributed by atoms with E-state index in [0.717, 1.165) is 26.4 Å². The molecule has 0 radical (unpaired) electrons. The Balaban J connectivity index is 1.61. The fourth-order valence-corrected chi connectivity index (χ4v) is 4.94. The van der Waals surface area contributed by atoms with Crippen molar-refractivity contribution < 1.29 is 34.7 Å². The van der Waals surface area contributed by atoms with Gasteiger partial charge in [0.1, 0.15) is 30.2 Å². The summed E-state index contributed by atoms with van der Waals surface area (Å²) in [4.78, 5) is 2.05. The van der Waals surface area contributed by atoms with Crippen molar-refractivity contribution in [3.05, 3.63) is 82.0 Å². The van der Waals surface area contributed by atoms with Crippen LogP contribution in [0.5, 0.6) is 0 Å². The summed E-state index contributed by atoms with van der Waals surface area (Å²) in [6, 6.07) is 15.3. The molecule has 170 valence electrons. The second-order valence-corrected chi connectivity index (χ2v) is 9.22. The first kappa shape index (κ1) is 23.0. The van der Waals surface area contributed by atoms with Crippen molar-refractivity contribution in [1.82, 2.24) is 0 Å². The van der Waals surface area contributed by atoms with Crippen LogP contribution in [-0.4, -0.2) is 56.6 Å². The summed E-state index contributed by atoms with van der Waals surface area (Å²) in [6.45, 7) is 1.29. The van der Waals surface area contributed by atoms with Crippen molar-refractivity contribution in [1.29, 1.82) is 0 Å². The van der Waals surface area contributed by atoms with Crippen LogP contribution in [0.3, 0.4) is 0 Å². The van der Waals surface area contributed by atoms with Gasteiger partial charge in [-0.25, -0.2) is 4.39 Å². The molecule has 5 N–H and O–H groups in total. The Morgan fingerprint density at radius 1 is 1.00 bits per heavy atom. The van der Waals surface area contributed by atoms with Crippen LogP contribution >= 0.6 is 11.3 Å². The number of ether oxygens (including phenoxy) is 1. The molecule has 0 aliphatic carbocycles. The Morgan fingerprint density at radius 2 is 1.72 bits per heavy atom. The molecule has 3 aromatic rings. The zero-order chi connectivity index (χ0) is 23.0. The van der Waals surface area contributed by atoms with Gasteiger partial charge in [0.05, 0.1) is 6.61 Å². The van der Waals surface area contributed by atoms with Crippen molar-refractivity contribution in [2.45, 2.75) is 43.5 Å². The lowest BCUT2D eigenvalue weighted by molar-refractivity contribution is -0.357. The highest BCUT2D eigenvalue weighted by Crippen LogP contribution is 2.38. The average Bonchev–Trinajstić information content (AvgIpc) is 3.25. The minimum absolute atomic E-state index is 0.213. The van der Waals surface area contributed by atoms with E-state index in [9.17, 15) is 29.9 Å². The number of aryl methyl sites for hydroxylation is 1. The van der Waals surface area contributed by atoms with Gasteiger partial charge in [-0.1, -0.05) is 24.3 Å². The van der Waals surface area contributed by atoms with Crippen molar-refractivity contribution >= 4 is 11.3 Å². The number of halogens is 1. The first-order chi connectivity index (χ1) is 15.2. The van der Waals surface area contributed by atoms with Crippen LogP contribution in [0.15, 0.2) is 54.6 Å². The van der Waals surface area contributed by atoms with E-state index in [-0.39, 0.29) is 11.4 Å². The van der Waals surface area contributed by atoms with Crippen LogP contribution in [0.2, 0.25) is 0 Å². The van der Waals surface area contributed by atoms with Crippen molar-refractivity contribution in [3.63, 3.8) is 0 Å². The number of thiophene rings is 1. The van der Waals surface area contributed by atoms with Gasteiger partial charge in [0.2, 0.25) is 5.79 Å². The van der Waals surface area contributed by atoms with E-state index >= 15 is 0 Å². The van der Waals surface area contributed by atoms with Crippen molar-refractivity contribution in [2.75, 3.05) is 6.61 Å². The monoisotopic (exact) mass is 460 g/mol. The molecular formula is C24H25FO6S. The molecule has 4 rings (SSSR count). The molecule has 5 atom stereocenters. The minimum atomic E-state index is -2.29. The molecule has 1 aromatic heterocycles. The first-order valence-corrected chi connectivity index (χ1v) is 11.0. The zero-order valence-corrected chi connectivity index (χ0v) is 18.2. The van der Waals surface area contributed by atoms with E-state index in [1.54, 1.807) is 41.7 Å². The minimum Gasteiger partial charge on any atom is -0.394 e. The highest BCUT2D eigenvalue weighted by molar-refractivity contribution is 7.15. The van der Waals surface area contributed by atoms with Crippen LogP contribution in [-0.2, 0) is 16.9 Å². The Labute approximate surface area is 188 Å². The summed E-state index contributed by atoms with van der Waals surface area (Å²) < 4.78 is 18.6. The lowest BCUT2D eigenvalue weighted by Gasteiger charge is -2.45. The van der Waals surface area contributed by atoms with E-state index in [4.69, 9.17) is 4.74 Å². The summed E-state index contributed by atoms with van der Waals surface area (Å²) in [5.74, 6) is -2.58. The number of hydrogen-bond acceptors (Lipinski definition) is 7. The van der Waals surface area contributed by atoms with Crippen molar-refractivity contribution in [3.8, 4) is 10.4 Å². The van der Waals surface area contributed by atoms with E-state index in [1.165, 1.54) is 12.1 Å². The van der Waals surface area contributed by atoms with Gasteiger partial charge in [-0.15, -0.1) is 11.3 Å². The Kier molecular flexibility index (Phi) is 6.46.